The van der Waals surface area contributed by atoms with Crippen LogP contribution >= 0.6 is 0 Å². The van der Waals surface area contributed by atoms with E-state index < -0.39 is 0 Å². The summed E-state index contributed by atoms with van der Waals surface area (Å²) in [5, 5.41) is 28.9. The van der Waals surface area contributed by atoms with Crippen LogP contribution in [-0.4, -0.2) is 26.7 Å². The number of hydrazone groups is 1. The molecule has 0 atom stereocenters. The Morgan fingerprint density at radius 2 is 2.12 bits per heavy atom. The van der Waals surface area contributed by atoms with Gasteiger partial charge in [-0.1, -0.05) is 0 Å². The van der Waals surface area contributed by atoms with Crippen LogP contribution in [0.3, 0.4) is 0 Å². The monoisotopic (exact) mass is 235 g/mol. The van der Waals surface area contributed by atoms with E-state index in [-0.39, 0.29) is 23.1 Å². The van der Waals surface area contributed by atoms with Gasteiger partial charge in [0.15, 0.2) is 11.5 Å². The zero-order valence-electron chi connectivity index (χ0n) is 8.53. The summed E-state index contributed by atoms with van der Waals surface area (Å²) in [6.07, 6.45) is 1.41. The van der Waals surface area contributed by atoms with Crippen molar-refractivity contribution in [3.8, 4) is 11.5 Å². The Morgan fingerprint density at radius 3 is 2.76 bits per heavy atom. The number of nitrogens with zero attached hydrogens (tertiary/aromatic N) is 3. The first kappa shape index (κ1) is 10.7. The zero-order valence-corrected chi connectivity index (χ0v) is 8.53. The molecular formula is C9H9N5O3. The van der Waals surface area contributed by atoms with Crippen molar-refractivity contribution in [1.82, 2.24) is 10.3 Å². The fourth-order valence-electron chi connectivity index (χ4n) is 1.06. The first-order chi connectivity index (χ1) is 8.16. The Balaban J connectivity index is 2.06. The van der Waals surface area contributed by atoms with Crippen LogP contribution in [-0.2, 0) is 0 Å². The molecule has 1 heterocycles. The number of nitrogen functional groups attached to an aromatic ring is 1. The van der Waals surface area contributed by atoms with Gasteiger partial charge in [-0.15, -0.1) is 0 Å². The average Bonchev–Trinajstić information content (AvgIpc) is 2.70. The third-order valence-corrected chi connectivity index (χ3v) is 1.90. The number of phenols is 2. The first-order valence-electron chi connectivity index (χ1n) is 4.56. The minimum absolute atomic E-state index is 0.0932. The maximum absolute atomic E-state index is 9.24. The number of benzene rings is 1. The number of phenolic OH excluding ortho intramolecular Hbond substituents is 2. The van der Waals surface area contributed by atoms with Crippen LogP contribution in [0.1, 0.15) is 5.56 Å². The zero-order chi connectivity index (χ0) is 12.3. The molecule has 0 aliphatic carbocycles. The molecule has 0 aliphatic rings. The first-order valence-corrected chi connectivity index (χ1v) is 4.56. The van der Waals surface area contributed by atoms with Crippen LogP contribution in [0, 0.1) is 0 Å². The highest BCUT2D eigenvalue weighted by atomic mass is 16.6. The molecule has 17 heavy (non-hydrogen) atoms. The van der Waals surface area contributed by atoms with E-state index in [4.69, 9.17) is 10.8 Å². The molecule has 0 amide bonds. The van der Waals surface area contributed by atoms with Crippen LogP contribution in [0.5, 0.6) is 11.5 Å². The molecule has 8 nitrogen and oxygen atoms in total. The lowest BCUT2D eigenvalue weighted by Gasteiger charge is -1.98. The lowest BCUT2D eigenvalue weighted by Crippen LogP contribution is -1.95. The van der Waals surface area contributed by atoms with Gasteiger partial charge >= 0.3 is 0 Å². The quantitative estimate of drug-likeness (QED) is 0.346. The van der Waals surface area contributed by atoms with Gasteiger partial charge in [-0.2, -0.15) is 5.10 Å². The van der Waals surface area contributed by atoms with Gasteiger partial charge in [0, 0.05) is 0 Å². The summed E-state index contributed by atoms with van der Waals surface area (Å²) in [6.45, 7) is 0. The van der Waals surface area contributed by atoms with Crippen molar-refractivity contribution in [2.75, 3.05) is 11.2 Å². The number of aromatic nitrogens is 2. The van der Waals surface area contributed by atoms with Crippen LogP contribution in [0.4, 0.5) is 11.6 Å². The molecule has 1 aromatic heterocycles. The van der Waals surface area contributed by atoms with E-state index in [9.17, 15) is 5.11 Å². The van der Waals surface area contributed by atoms with Gasteiger partial charge in [-0.3, -0.25) is 5.43 Å². The molecule has 2 aromatic rings. The lowest BCUT2D eigenvalue weighted by atomic mass is 10.2. The third kappa shape index (κ3) is 2.43. The Labute approximate surface area is 95.3 Å². The smallest absolute Gasteiger partial charge is 0.235 e. The summed E-state index contributed by atoms with van der Waals surface area (Å²) in [7, 11) is 0. The number of aromatic hydroxyl groups is 2. The van der Waals surface area contributed by atoms with E-state index in [1.165, 1.54) is 18.3 Å². The molecule has 0 saturated heterocycles. The van der Waals surface area contributed by atoms with Gasteiger partial charge in [-0.05, 0) is 34.1 Å². The van der Waals surface area contributed by atoms with Crippen molar-refractivity contribution in [1.29, 1.82) is 0 Å². The van der Waals surface area contributed by atoms with Gasteiger partial charge in [0.05, 0.1) is 6.21 Å². The number of nitrogens with two attached hydrogens (primary N) is 1. The van der Waals surface area contributed by atoms with E-state index in [2.05, 4.69) is 25.5 Å². The molecular weight excluding hydrogens is 226 g/mol. The number of hydrogen-bond acceptors (Lipinski definition) is 8. The fraction of sp³-hybridized carbons (Fsp3) is 0. The second kappa shape index (κ2) is 4.39. The molecule has 0 aliphatic heterocycles. The highest BCUT2D eigenvalue weighted by Gasteiger charge is 2.03. The molecule has 88 valence electrons. The van der Waals surface area contributed by atoms with Crippen molar-refractivity contribution >= 4 is 17.9 Å². The average molecular weight is 235 g/mol. The molecule has 0 bridgehead atoms. The molecule has 0 spiro atoms. The van der Waals surface area contributed by atoms with Gasteiger partial charge in [-0.25, -0.2) is 4.63 Å². The Kier molecular flexibility index (Phi) is 2.77. The van der Waals surface area contributed by atoms with Gasteiger partial charge in [0.25, 0.3) is 0 Å². The molecule has 0 radical (unpaired) electrons. The number of anilines is 2. The van der Waals surface area contributed by atoms with E-state index in [1.54, 1.807) is 6.07 Å². The molecule has 1 aromatic carbocycles. The second-order valence-electron chi connectivity index (χ2n) is 3.12. The molecule has 2 rings (SSSR count). The summed E-state index contributed by atoms with van der Waals surface area (Å²) in [6, 6.07) is 4.28. The van der Waals surface area contributed by atoms with Crippen LogP contribution in [0.15, 0.2) is 27.9 Å². The molecule has 0 saturated carbocycles. The van der Waals surface area contributed by atoms with E-state index in [1.807, 2.05) is 0 Å². The molecule has 5 N–H and O–H groups in total. The third-order valence-electron chi connectivity index (χ3n) is 1.90. The highest BCUT2D eigenvalue weighted by molar-refractivity contribution is 5.81. The topological polar surface area (TPSA) is 130 Å². The van der Waals surface area contributed by atoms with Crippen molar-refractivity contribution in [2.45, 2.75) is 0 Å². The Hall–Kier alpha value is -2.77. The van der Waals surface area contributed by atoms with E-state index in [0.717, 1.165) is 0 Å². The normalized spacial score (nSPS) is 10.8. The number of nitrogens with one attached hydrogen (secondary N) is 1. The van der Waals surface area contributed by atoms with Gasteiger partial charge in [0.2, 0.25) is 11.6 Å². The standard InChI is InChI=1S/C9H9N5O3/c10-8-9(14-17-13-8)12-11-4-5-1-2-6(15)7(16)3-5/h1-4,15-16H,(H2,10,13)(H,12,14)/b11-4+. The predicted octanol–water partition coefficient (Wildman–Crippen LogP) is 0.509. The Morgan fingerprint density at radius 1 is 1.29 bits per heavy atom. The predicted molar refractivity (Wildman–Crippen MR) is 59.7 cm³/mol. The molecule has 0 fully saturated rings. The largest absolute Gasteiger partial charge is 0.504 e. The summed E-state index contributed by atoms with van der Waals surface area (Å²) in [5.74, 6) is -0.128. The van der Waals surface area contributed by atoms with E-state index in [0.29, 0.717) is 5.56 Å². The van der Waals surface area contributed by atoms with Crippen LogP contribution < -0.4 is 11.2 Å². The summed E-state index contributed by atoms with van der Waals surface area (Å²) in [4.78, 5) is 0. The van der Waals surface area contributed by atoms with Crippen molar-refractivity contribution in [3.05, 3.63) is 23.8 Å². The summed E-state index contributed by atoms with van der Waals surface area (Å²) in [5.41, 5.74) is 8.48. The van der Waals surface area contributed by atoms with Crippen LogP contribution in [0.2, 0.25) is 0 Å². The van der Waals surface area contributed by atoms with Crippen molar-refractivity contribution in [3.63, 3.8) is 0 Å². The van der Waals surface area contributed by atoms with Crippen molar-refractivity contribution < 1.29 is 14.8 Å². The lowest BCUT2D eigenvalue weighted by molar-refractivity contribution is 0.310. The maximum Gasteiger partial charge on any atom is 0.235 e. The molecule has 8 heteroatoms. The van der Waals surface area contributed by atoms with Gasteiger partial charge < -0.3 is 15.9 Å². The summed E-state index contributed by atoms with van der Waals surface area (Å²) >= 11 is 0. The SMILES string of the molecule is Nc1nonc1N/N=C/c1ccc(O)c(O)c1. The minimum Gasteiger partial charge on any atom is -0.504 e. The highest BCUT2D eigenvalue weighted by Crippen LogP contribution is 2.24. The minimum atomic E-state index is -0.225. The number of rotatable bonds is 3. The van der Waals surface area contributed by atoms with Crippen LogP contribution in [0.25, 0.3) is 0 Å². The fourth-order valence-corrected chi connectivity index (χ4v) is 1.06. The maximum atomic E-state index is 9.24. The van der Waals surface area contributed by atoms with Gasteiger partial charge in [0.1, 0.15) is 0 Å². The van der Waals surface area contributed by atoms with Crippen molar-refractivity contribution in [2.24, 2.45) is 5.10 Å². The second-order valence-corrected chi connectivity index (χ2v) is 3.12. The number of hydrogen-bond donors (Lipinski definition) is 4. The Bertz CT molecular complexity index is 551. The van der Waals surface area contributed by atoms with E-state index >= 15 is 0 Å². The molecule has 0 unspecified atom stereocenters. The summed E-state index contributed by atoms with van der Waals surface area (Å²) < 4.78 is 4.35.